The highest BCUT2D eigenvalue weighted by Crippen LogP contribution is 2.31. The number of hydrogen-bond donors (Lipinski definition) is 1. The summed E-state index contributed by atoms with van der Waals surface area (Å²) in [6, 6.07) is 7.76. The molecule has 1 fully saturated rings. The van der Waals surface area contributed by atoms with Crippen LogP contribution >= 0.6 is 11.3 Å². The second-order valence-electron chi connectivity index (χ2n) is 6.93. The fourth-order valence-electron chi connectivity index (χ4n) is 3.47. The number of carbonyl (C=O) groups is 1. The summed E-state index contributed by atoms with van der Waals surface area (Å²) in [7, 11) is 1.65. The molecule has 2 unspecified atom stereocenters. The predicted molar refractivity (Wildman–Crippen MR) is 102 cm³/mol. The Balaban J connectivity index is 1.72. The molecule has 1 aliphatic rings. The highest BCUT2D eigenvalue weighted by Gasteiger charge is 2.26. The zero-order valence-electron chi connectivity index (χ0n) is 15.2. The van der Waals surface area contributed by atoms with E-state index in [0.29, 0.717) is 17.0 Å². The van der Waals surface area contributed by atoms with Crippen molar-refractivity contribution in [3.63, 3.8) is 0 Å². The fraction of sp³-hybridized carbons (Fsp3) is 0.474. The third kappa shape index (κ3) is 4.12. The minimum absolute atomic E-state index is 0.0477. The number of benzene rings is 1. The summed E-state index contributed by atoms with van der Waals surface area (Å²) < 4.78 is 5.20. The van der Waals surface area contributed by atoms with Crippen LogP contribution in [-0.4, -0.2) is 36.1 Å². The van der Waals surface area contributed by atoms with Crippen LogP contribution in [0.2, 0.25) is 0 Å². The highest BCUT2D eigenvalue weighted by atomic mass is 32.1. The van der Waals surface area contributed by atoms with Crippen LogP contribution in [0.3, 0.4) is 0 Å². The van der Waals surface area contributed by atoms with E-state index in [9.17, 15) is 4.79 Å². The van der Waals surface area contributed by atoms with Crippen molar-refractivity contribution < 1.29 is 9.53 Å². The van der Waals surface area contributed by atoms with Gasteiger partial charge in [-0.15, -0.1) is 11.3 Å². The van der Waals surface area contributed by atoms with Gasteiger partial charge in [0.25, 0.3) is 0 Å². The minimum Gasteiger partial charge on any atom is -0.497 e. The summed E-state index contributed by atoms with van der Waals surface area (Å²) in [6.07, 6.45) is 1.18. The maximum atomic E-state index is 12.6. The number of nitrogens with one attached hydrogen (secondary N) is 1. The van der Waals surface area contributed by atoms with E-state index in [1.165, 1.54) is 17.8 Å². The van der Waals surface area contributed by atoms with Crippen LogP contribution in [0.5, 0.6) is 5.75 Å². The molecular weight excluding hydrogens is 334 g/mol. The van der Waals surface area contributed by atoms with Crippen molar-refractivity contribution in [1.82, 2.24) is 9.88 Å². The Kier molecular flexibility index (Phi) is 5.27. The van der Waals surface area contributed by atoms with Gasteiger partial charge in [-0.3, -0.25) is 5.32 Å². The number of rotatable bonds is 3. The summed E-state index contributed by atoms with van der Waals surface area (Å²) in [5.74, 6) is 1.91. The molecule has 3 rings (SSSR count). The molecule has 2 heterocycles. The van der Waals surface area contributed by atoms with Crippen LogP contribution in [0, 0.1) is 18.8 Å². The number of ether oxygens (including phenoxy) is 1. The molecule has 2 amide bonds. The van der Waals surface area contributed by atoms with Gasteiger partial charge in [0, 0.05) is 23.5 Å². The quantitative estimate of drug-likeness (QED) is 0.869. The van der Waals surface area contributed by atoms with Gasteiger partial charge in [-0.2, -0.15) is 0 Å². The average Bonchev–Trinajstić information content (AvgIpc) is 2.94. The SMILES string of the molecule is COc1ccc(-c2nc(NC(=O)N3CC(C)CC(C)C3)sc2C)cc1. The van der Waals surface area contributed by atoms with Crippen molar-refractivity contribution >= 4 is 22.5 Å². The molecule has 1 aliphatic heterocycles. The average molecular weight is 359 g/mol. The van der Waals surface area contributed by atoms with Crippen molar-refractivity contribution in [3.8, 4) is 17.0 Å². The lowest BCUT2D eigenvalue weighted by atomic mass is 9.92. The van der Waals surface area contributed by atoms with Crippen molar-refractivity contribution in [2.45, 2.75) is 27.2 Å². The first-order valence-corrected chi connectivity index (χ1v) is 9.45. The molecule has 1 aromatic carbocycles. The van der Waals surface area contributed by atoms with Crippen molar-refractivity contribution in [3.05, 3.63) is 29.1 Å². The molecule has 1 N–H and O–H groups in total. The van der Waals surface area contributed by atoms with E-state index in [2.05, 4.69) is 24.1 Å². The maximum Gasteiger partial charge on any atom is 0.323 e. The van der Waals surface area contributed by atoms with Gasteiger partial charge >= 0.3 is 6.03 Å². The van der Waals surface area contributed by atoms with Crippen molar-refractivity contribution in [1.29, 1.82) is 0 Å². The molecule has 6 heteroatoms. The first kappa shape index (κ1) is 17.7. The molecule has 0 spiro atoms. The fourth-order valence-corrected chi connectivity index (χ4v) is 4.29. The van der Waals surface area contributed by atoms with E-state index in [-0.39, 0.29) is 6.03 Å². The molecule has 1 aromatic heterocycles. The Morgan fingerprint density at radius 3 is 2.48 bits per heavy atom. The number of anilines is 1. The highest BCUT2D eigenvalue weighted by molar-refractivity contribution is 7.16. The van der Waals surface area contributed by atoms with Gasteiger partial charge in [-0.25, -0.2) is 9.78 Å². The number of amides is 2. The van der Waals surface area contributed by atoms with Gasteiger partial charge in [-0.05, 0) is 49.4 Å². The number of aryl methyl sites for hydroxylation is 1. The van der Waals surface area contributed by atoms with Gasteiger partial charge in [0.15, 0.2) is 5.13 Å². The van der Waals surface area contributed by atoms with Crippen LogP contribution in [0.1, 0.15) is 25.1 Å². The normalized spacial score (nSPS) is 20.4. The lowest BCUT2D eigenvalue weighted by molar-refractivity contribution is 0.156. The number of piperidine rings is 1. The lowest BCUT2D eigenvalue weighted by Crippen LogP contribution is -2.44. The number of thiazole rings is 1. The molecule has 134 valence electrons. The Labute approximate surface area is 153 Å². The van der Waals surface area contributed by atoms with Crippen LogP contribution in [0.4, 0.5) is 9.93 Å². The van der Waals surface area contributed by atoms with E-state index in [1.807, 2.05) is 36.1 Å². The van der Waals surface area contributed by atoms with Gasteiger partial charge in [0.05, 0.1) is 12.8 Å². The standard InChI is InChI=1S/C19H25N3O2S/c1-12-9-13(2)11-22(10-12)19(23)21-18-20-17(14(3)25-18)15-5-7-16(24-4)8-6-15/h5-8,12-13H,9-11H2,1-4H3,(H,20,21,23). The first-order chi connectivity index (χ1) is 12.0. The molecule has 5 nitrogen and oxygen atoms in total. The number of carbonyl (C=O) groups excluding carboxylic acids is 1. The summed E-state index contributed by atoms with van der Waals surface area (Å²) >= 11 is 1.51. The van der Waals surface area contributed by atoms with Crippen LogP contribution in [0.25, 0.3) is 11.3 Å². The number of methoxy groups -OCH3 is 1. The predicted octanol–water partition coefficient (Wildman–Crippen LogP) is 4.64. The van der Waals surface area contributed by atoms with E-state index in [4.69, 9.17) is 4.74 Å². The summed E-state index contributed by atoms with van der Waals surface area (Å²) in [4.78, 5) is 20.2. The molecule has 2 aromatic rings. The van der Waals surface area contributed by atoms with E-state index in [0.717, 1.165) is 35.0 Å². The van der Waals surface area contributed by atoms with E-state index < -0.39 is 0 Å². The van der Waals surface area contributed by atoms with Crippen molar-refractivity contribution in [2.24, 2.45) is 11.8 Å². The Morgan fingerprint density at radius 2 is 1.88 bits per heavy atom. The number of urea groups is 1. The van der Waals surface area contributed by atoms with Gasteiger partial charge in [-0.1, -0.05) is 13.8 Å². The summed E-state index contributed by atoms with van der Waals surface area (Å²) in [5, 5.41) is 3.63. The third-order valence-corrected chi connectivity index (χ3v) is 5.42. The van der Waals surface area contributed by atoms with Crippen molar-refractivity contribution in [2.75, 3.05) is 25.5 Å². The summed E-state index contributed by atoms with van der Waals surface area (Å²) in [5.41, 5.74) is 1.93. The first-order valence-electron chi connectivity index (χ1n) is 8.64. The second-order valence-corrected chi connectivity index (χ2v) is 8.14. The van der Waals surface area contributed by atoms with E-state index >= 15 is 0 Å². The Morgan fingerprint density at radius 1 is 1.24 bits per heavy atom. The van der Waals surface area contributed by atoms with Crippen LogP contribution in [-0.2, 0) is 0 Å². The lowest BCUT2D eigenvalue weighted by Gasteiger charge is -2.34. The number of aromatic nitrogens is 1. The topological polar surface area (TPSA) is 54.5 Å². The maximum absolute atomic E-state index is 12.6. The monoisotopic (exact) mass is 359 g/mol. The largest absolute Gasteiger partial charge is 0.497 e. The number of likely N-dealkylation sites (tertiary alicyclic amines) is 1. The summed E-state index contributed by atoms with van der Waals surface area (Å²) in [6.45, 7) is 8.05. The van der Waals surface area contributed by atoms with E-state index in [1.54, 1.807) is 7.11 Å². The number of hydrogen-bond acceptors (Lipinski definition) is 4. The Bertz CT molecular complexity index is 732. The second kappa shape index (κ2) is 7.44. The van der Waals surface area contributed by atoms with Crippen LogP contribution in [0.15, 0.2) is 24.3 Å². The minimum atomic E-state index is -0.0477. The molecule has 0 bridgehead atoms. The van der Waals surface area contributed by atoms with Gasteiger partial charge in [0.1, 0.15) is 5.75 Å². The molecule has 0 saturated carbocycles. The third-order valence-electron chi connectivity index (χ3n) is 4.53. The zero-order valence-corrected chi connectivity index (χ0v) is 16.0. The molecule has 2 atom stereocenters. The smallest absolute Gasteiger partial charge is 0.323 e. The van der Waals surface area contributed by atoms with Gasteiger partial charge in [0.2, 0.25) is 0 Å². The molecule has 1 saturated heterocycles. The Hall–Kier alpha value is -2.08. The molecule has 0 aliphatic carbocycles. The number of nitrogens with zero attached hydrogens (tertiary/aromatic N) is 2. The molecule has 0 radical (unpaired) electrons. The zero-order chi connectivity index (χ0) is 18.0. The van der Waals surface area contributed by atoms with Gasteiger partial charge < -0.3 is 9.64 Å². The molecule has 25 heavy (non-hydrogen) atoms. The molecular formula is C19H25N3O2S. The van der Waals surface area contributed by atoms with Crippen LogP contribution < -0.4 is 10.1 Å².